The first-order chi connectivity index (χ1) is 8.40. The van der Waals surface area contributed by atoms with E-state index in [1.165, 1.54) is 25.1 Å². The van der Waals surface area contributed by atoms with Crippen molar-refractivity contribution in [2.24, 2.45) is 0 Å². The summed E-state index contributed by atoms with van der Waals surface area (Å²) in [7, 11) is -3.72. The first-order valence-corrected chi connectivity index (χ1v) is 6.73. The summed E-state index contributed by atoms with van der Waals surface area (Å²) in [5.41, 5.74) is -0.0739. The van der Waals surface area contributed by atoms with Crippen LogP contribution in [0.4, 0.5) is 5.69 Å². The lowest BCUT2D eigenvalue weighted by Crippen LogP contribution is -2.25. The van der Waals surface area contributed by atoms with Gasteiger partial charge in [0.25, 0.3) is 5.69 Å². The van der Waals surface area contributed by atoms with Gasteiger partial charge in [0.05, 0.1) is 9.82 Å². The molecule has 18 heavy (non-hydrogen) atoms. The Morgan fingerprint density at radius 2 is 2.17 bits per heavy atom. The van der Waals surface area contributed by atoms with Crippen molar-refractivity contribution in [3.63, 3.8) is 0 Å². The molecule has 0 atom stereocenters. The zero-order valence-corrected chi connectivity index (χ0v) is 10.7. The predicted molar refractivity (Wildman–Crippen MR) is 67.8 cm³/mol. The first-order valence-electron chi connectivity index (χ1n) is 5.24. The van der Waals surface area contributed by atoms with Crippen molar-refractivity contribution in [3.05, 3.63) is 46.5 Å². The van der Waals surface area contributed by atoms with E-state index < -0.39 is 14.9 Å². The summed E-state index contributed by atoms with van der Waals surface area (Å²) in [6.07, 6.45) is 2.08. The molecule has 0 radical (unpaired) electrons. The number of hydrogen-bond acceptors (Lipinski definition) is 4. The highest BCUT2D eigenvalue weighted by Crippen LogP contribution is 2.24. The van der Waals surface area contributed by atoms with Gasteiger partial charge < -0.3 is 0 Å². The van der Waals surface area contributed by atoms with Gasteiger partial charge in [0, 0.05) is 18.2 Å². The van der Waals surface area contributed by atoms with Crippen LogP contribution in [0, 0.1) is 17.0 Å². The Labute approximate surface area is 106 Å². The Morgan fingerprint density at radius 3 is 2.72 bits per heavy atom. The van der Waals surface area contributed by atoms with Gasteiger partial charge in [-0.15, -0.1) is 6.58 Å². The molecular formula is C11H14N2O4S. The van der Waals surface area contributed by atoms with Crippen LogP contribution in [0.1, 0.15) is 12.0 Å². The van der Waals surface area contributed by atoms with Crippen molar-refractivity contribution in [1.29, 1.82) is 0 Å². The maximum atomic E-state index is 11.9. The molecular weight excluding hydrogens is 256 g/mol. The van der Waals surface area contributed by atoms with E-state index in [1.54, 1.807) is 6.08 Å². The summed E-state index contributed by atoms with van der Waals surface area (Å²) < 4.78 is 26.2. The summed E-state index contributed by atoms with van der Waals surface area (Å²) in [6.45, 7) is 5.12. The summed E-state index contributed by atoms with van der Waals surface area (Å²) in [5.74, 6) is 0. The Morgan fingerprint density at radius 1 is 1.50 bits per heavy atom. The molecule has 0 aliphatic heterocycles. The van der Waals surface area contributed by atoms with Crippen LogP contribution in [0.25, 0.3) is 0 Å². The zero-order chi connectivity index (χ0) is 13.8. The number of nitro benzene ring substituents is 1. The minimum atomic E-state index is -3.72. The Hall–Kier alpha value is -1.73. The largest absolute Gasteiger partial charge is 0.273 e. The van der Waals surface area contributed by atoms with Crippen LogP contribution in [-0.4, -0.2) is 19.9 Å². The quantitative estimate of drug-likeness (QED) is 0.369. The van der Waals surface area contributed by atoms with Crippen molar-refractivity contribution in [3.8, 4) is 0 Å². The Balaban J connectivity index is 3.13. The van der Waals surface area contributed by atoms with Crippen molar-refractivity contribution >= 4 is 15.7 Å². The normalized spacial score (nSPS) is 11.2. The third kappa shape index (κ3) is 3.14. The molecule has 7 heteroatoms. The van der Waals surface area contributed by atoms with E-state index >= 15 is 0 Å². The van der Waals surface area contributed by atoms with Gasteiger partial charge in [-0.25, -0.2) is 13.1 Å². The monoisotopic (exact) mass is 270 g/mol. The fourth-order valence-electron chi connectivity index (χ4n) is 1.46. The van der Waals surface area contributed by atoms with E-state index in [1.807, 2.05) is 0 Å². The second-order valence-corrected chi connectivity index (χ2v) is 5.37. The van der Waals surface area contributed by atoms with Gasteiger partial charge in [-0.1, -0.05) is 12.1 Å². The smallest absolute Gasteiger partial charge is 0.258 e. The molecule has 0 saturated heterocycles. The summed E-state index contributed by atoms with van der Waals surface area (Å²) >= 11 is 0. The molecule has 0 fully saturated rings. The highest BCUT2D eigenvalue weighted by molar-refractivity contribution is 7.89. The number of hydrogen-bond donors (Lipinski definition) is 1. The molecule has 0 aliphatic rings. The van der Waals surface area contributed by atoms with Crippen molar-refractivity contribution in [2.75, 3.05) is 6.54 Å². The molecule has 0 aromatic heterocycles. The molecule has 1 rings (SSSR count). The average molecular weight is 270 g/mol. The molecule has 0 bridgehead atoms. The number of nitrogens with zero attached hydrogens (tertiary/aromatic N) is 1. The van der Waals surface area contributed by atoms with Gasteiger partial charge in [-0.2, -0.15) is 0 Å². The van der Waals surface area contributed by atoms with Crippen LogP contribution < -0.4 is 4.72 Å². The minimum Gasteiger partial charge on any atom is -0.258 e. The molecule has 0 amide bonds. The third-order valence-corrected chi connectivity index (χ3v) is 3.99. The highest BCUT2D eigenvalue weighted by Gasteiger charge is 2.22. The summed E-state index contributed by atoms with van der Waals surface area (Å²) in [5, 5.41) is 10.7. The van der Waals surface area contributed by atoms with Gasteiger partial charge in [-0.05, 0) is 19.4 Å². The molecule has 0 unspecified atom stereocenters. The van der Waals surface area contributed by atoms with Gasteiger partial charge >= 0.3 is 0 Å². The lowest BCUT2D eigenvalue weighted by Gasteiger charge is -2.08. The molecule has 1 N–H and O–H groups in total. The van der Waals surface area contributed by atoms with Crippen molar-refractivity contribution < 1.29 is 13.3 Å². The van der Waals surface area contributed by atoms with Crippen LogP contribution >= 0.6 is 0 Å². The fraction of sp³-hybridized carbons (Fsp3) is 0.273. The molecule has 0 spiro atoms. The number of nitro groups is 1. The standard InChI is InChI=1S/C11H14N2O4S/c1-3-4-8-12-18(16,17)11-7-5-6-10(9(11)2)13(14)15/h3,5-7,12H,1,4,8H2,2H3. The van der Waals surface area contributed by atoms with Gasteiger partial charge in [-0.3, -0.25) is 10.1 Å². The van der Waals surface area contributed by atoms with Crippen LogP contribution in [0.2, 0.25) is 0 Å². The molecule has 1 aromatic carbocycles. The summed E-state index contributed by atoms with van der Waals surface area (Å²) in [4.78, 5) is 10.1. The SMILES string of the molecule is C=CCCNS(=O)(=O)c1cccc([N+](=O)[O-])c1C. The molecule has 6 nitrogen and oxygen atoms in total. The number of benzene rings is 1. The molecule has 0 saturated carbocycles. The summed E-state index contributed by atoms with van der Waals surface area (Å²) in [6, 6.07) is 3.98. The zero-order valence-electron chi connectivity index (χ0n) is 9.92. The Bertz CT molecular complexity index is 566. The second-order valence-electron chi connectivity index (χ2n) is 3.63. The van der Waals surface area contributed by atoms with Crippen molar-refractivity contribution in [1.82, 2.24) is 4.72 Å². The van der Waals surface area contributed by atoms with Gasteiger partial charge in [0.15, 0.2) is 0 Å². The topological polar surface area (TPSA) is 89.3 Å². The van der Waals surface area contributed by atoms with E-state index in [-0.39, 0.29) is 22.7 Å². The van der Waals surface area contributed by atoms with Crippen LogP contribution in [0.3, 0.4) is 0 Å². The maximum Gasteiger partial charge on any atom is 0.273 e. The number of nitrogens with one attached hydrogen (secondary N) is 1. The third-order valence-electron chi connectivity index (χ3n) is 2.38. The molecule has 98 valence electrons. The number of sulfonamides is 1. The van der Waals surface area contributed by atoms with Crippen LogP contribution in [0.5, 0.6) is 0 Å². The molecule has 0 heterocycles. The van der Waals surface area contributed by atoms with Crippen LogP contribution in [-0.2, 0) is 10.0 Å². The van der Waals surface area contributed by atoms with E-state index in [0.29, 0.717) is 6.42 Å². The van der Waals surface area contributed by atoms with Crippen LogP contribution in [0.15, 0.2) is 35.7 Å². The van der Waals surface area contributed by atoms with E-state index in [2.05, 4.69) is 11.3 Å². The van der Waals surface area contributed by atoms with Crippen molar-refractivity contribution in [2.45, 2.75) is 18.2 Å². The second kappa shape index (κ2) is 5.74. The lowest BCUT2D eigenvalue weighted by atomic mass is 10.2. The fourth-order valence-corrected chi connectivity index (χ4v) is 2.77. The predicted octanol–water partition coefficient (Wildman–Crippen LogP) is 1.76. The van der Waals surface area contributed by atoms with Gasteiger partial charge in [0.1, 0.15) is 0 Å². The Kier molecular flexibility index (Phi) is 4.57. The molecule has 0 aliphatic carbocycles. The van der Waals surface area contributed by atoms with E-state index in [0.717, 1.165) is 0 Å². The molecule has 1 aromatic rings. The van der Waals surface area contributed by atoms with E-state index in [4.69, 9.17) is 0 Å². The maximum absolute atomic E-state index is 11.9. The highest BCUT2D eigenvalue weighted by atomic mass is 32.2. The average Bonchev–Trinajstić information content (AvgIpc) is 2.28. The first kappa shape index (κ1) is 14.3. The van der Waals surface area contributed by atoms with E-state index in [9.17, 15) is 18.5 Å². The lowest BCUT2D eigenvalue weighted by molar-refractivity contribution is -0.385. The minimum absolute atomic E-state index is 0.0687. The van der Waals surface area contributed by atoms with Gasteiger partial charge in [0.2, 0.25) is 10.0 Å². The number of rotatable bonds is 6.